The van der Waals surface area contributed by atoms with E-state index >= 15 is 4.39 Å². The number of carbonyl (C=O) groups excluding carboxylic acids is 1. The Morgan fingerprint density at radius 1 is 1.13 bits per heavy atom. The van der Waals surface area contributed by atoms with Crippen LogP contribution in [-0.4, -0.2) is 64.7 Å². The molecule has 4 aromatic rings. The van der Waals surface area contributed by atoms with Gasteiger partial charge in [-0.2, -0.15) is 0 Å². The quantitative estimate of drug-likeness (QED) is 0.296. The number of piperazine rings is 1. The van der Waals surface area contributed by atoms with E-state index in [-0.39, 0.29) is 11.9 Å². The minimum atomic E-state index is -0.506. The molecule has 3 aromatic carbocycles. The van der Waals surface area contributed by atoms with E-state index in [1.165, 1.54) is 12.1 Å². The smallest absolute Gasteiger partial charge is 0.241 e. The van der Waals surface area contributed by atoms with Crippen LogP contribution in [0.3, 0.4) is 0 Å². The van der Waals surface area contributed by atoms with E-state index in [1.807, 2.05) is 53.4 Å². The van der Waals surface area contributed by atoms with Crippen molar-refractivity contribution in [3.05, 3.63) is 84.3 Å². The SMILES string of the molecule is C[C@H](O)CN1CCN(c2ccc(Nc3ncc4cccc(-c5cccc(C=CC(N)=O)c5)c4n3)cc2F)CC1. The van der Waals surface area contributed by atoms with E-state index in [0.29, 0.717) is 37.0 Å². The number of aliphatic hydroxyl groups excluding tert-OH is 1. The maximum Gasteiger partial charge on any atom is 0.241 e. The van der Waals surface area contributed by atoms with Gasteiger partial charge in [-0.3, -0.25) is 9.69 Å². The molecule has 1 fully saturated rings. The monoisotopic (exact) mass is 526 g/mol. The number of nitrogens with two attached hydrogens (primary N) is 1. The first-order valence-electron chi connectivity index (χ1n) is 12.9. The van der Waals surface area contributed by atoms with E-state index in [4.69, 9.17) is 10.7 Å². The summed E-state index contributed by atoms with van der Waals surface area (Å²) in [4.78, 5) is 24.5. The molecule has 0 unspecified atom stereocenters. The van der Waals surface area contributed by atoms with Gasteiger partial charge in [-0.1, -0.05) is 36.4 Å². The van der Waals surface area contributed by atoms with Crippen molar-refractivity contribution in [2.75, 3.05) is 42.9 Å². The summed E-state index contributed by atoms with van der Waals surface area (Å²) in [5.74, 6) is -0.460. The molecule has 1 aliphatic rings. The highest BCUT2D eigenvalue weighted by Gasteiger charge is 2.20. The van der Waals surface area contributed by atoms with Crippen LogP contribution in [0.15, 0.2) is 72.9 Å². The maximum absolute atomic E-state index is 15.1. The number of nitrogens with zero attached hydrogens (tertiary/aromatic N) is 4. The summed E-state index contributed by atoms with van der Waals surface area (Å²) in [6.07, 6.45) is 4.37. The van der Waals surface area contributed by atoms with Crippen LogP contribution in [0.5, 0.6) is 0 Å². The molecule has 1 atom stereocenters. The normalized spacial score (nSPS) is 15.1. The van der Waals surface area contributed by atoms with Gasteiger partial charge in [-0.25, -0.2) is 14.4 Å². The Morgan fingerprint density at radius 3 is 2.67 bits per heavy atom. The van der Waals surface area contributed by atoms with Gasteiger partial charge in [0.05, 0.1) is 17.3 Å². The molecule has 4 N–H and O–H groups in total. The second-order valence-electron chi connectivity index (χ2n) is 9.73. The van der Waals surface area contributed by atoms with Gasteiger partial charge in [-0.05, 0) is 48.4 Å². The topological polar surface area (TPSA) is 108 Å². The summed E-state index contributed by atoms with van der Waals surface area (Å²) >= 11 is 0. The number of β-amino-alcohol motifs (C(OH)–C–C–N with tert-alkyl or cyclic N) is 1. The molecule has 1 aromatic heterocycles. The zero-order valence-electron chi connectivity index (χ0n) is 21.7. The molecular formula is C30H31FN6O2. The number of aliphatic hydroxyl groups is 1. The number of benzene rings is 3. The number of aromatic nitrogens is 2. The summed E-state index contributed by atoms with van der Waals surface area (Å²) in [6.45, 7) is 5.37. The summed E-state index contributed by atoms with van der Waals surface area (Å²) in [7, 11) is 0. The highest BCUT2D eigenvalue weighted by molar-refractivity contribution is 5.95. The van der Waals surface area contributed by atoms with Crippen LogP contribution in [0, 0.1) is 5.82 Å². The third kappa shape index (κ3) is 6.39. The van der Waals surface area contributed by atoms with Crippen molar-refractivity contribution in [2.45, 2.75) is 13.0 Å². The van der Waals surface area contributed by atoms with E-state index < -0.39 is 5.91 Å². The number of fused-ring (bicyclic) bond motifs is 1. The number of nitrogens with one attached hydrogen (secondary N) is 1. The number of amides is 1. The van der Waals surface area contributed by atoms with Crippen molar-refractivity contribution in [1.29, 1.82) is 0 Å². The average molecular weight is 527 g/mol. The summed E-state index contributed by atoms with van der Waals surface area (Å²) in [5.41, 5.74) is 9.78. The number of carbonyl (C=O) groups is 1. The molecule has 0 aliphatic carbocycles. The van der Waals surface area contributed by atoms with Crippen LogP contribution in [0.4, 0.5) is 21.7 Å². The lowest BCUT2D eigenvalue weighted by Crippen LogP contribution is -2.48. The van der Waals surface area contributed by atoms with Crippen molar-refractivity contribution in [1.82, 2.24) is 14.9 Å². The first-order valence-corrected chi connectivity index (χ1v) is 12.9. The minimum absolute atomic E-state index is 0.314. The lowest BCUT2D eigenvalue weighted by Gasteiger charge is -2.36. The molecule has 9 heteroatoms. The van der Waals surface area contributed by atoms with Crippen LogP contribution in [0.2, 0.25) is 0 Å². The third-order valence-electron chi connectivity index (χ3n) is 6.69. The van der Waals surface area contributed by atoms with Gasteiger partial charge in [0.1, 0.15) is 5.82 Å². The van der Waals surface area contributed by atoms with E-state index in [2.05, 4.69) is 15.2 Å². The van der Waals surface area contributed by atoms with Crippen molar-refractivity contribution < 1.29 is 14.3 Å². The van der Waals surface area contributed by atoms with Gasteiger partial charge in [0.25, 0.3) is 0 Å². The first kappa shape index (κ1) is 26.3. The fourth-order valence-electron chi connectivity index (χ4n) is 4.85. The van der Waals surface area contributed by atoms with Crippen LogP contribution < -0.4 is 16.0 Å². The molecule has 0 saturated carbocycles. The number of halogens is 1. The molecule has 0 bridgehead atoms. The molecule has 0 spiro atoms. The zero-order valence-corrected chi connectivity index (χ0v) is 21.7. The highest BCUT2D eigenvalue weighted by Crippen LogP contribution is 2.30. The molecule has 1 aliphatic heterocycles. The second kappa shape index (κ2) is 11.6. The number of anilines is 3. The molecule has 1 saturated heterocycles. The second-order valence-corrected chi connectivity index (χ2v) is 9.73. The molecule has 0 radical (unpaired) electrons. The van der Waals surface area contributed by atoms with E-state index in [0.717, 1.165) is 40.7 Å². The minimum Gasteiger partial charge on any atom is -0.392 e. The Balaban J connectivity index is 1.35. The Morgan fingerprint density at radius 2 is 1.92 bits per heavy atom. The van der Waals surface area contributed by atoms with Crippen LogP contribution in [0.25, 0.3) is 28.1 Å². The van der Waals surface area contributed by atoms with Gasteiger partial charge in [0.15, 0.2) is 0 Å². The average Bonchev–Trinajstić information content (AvgIpc) is 2.92. The van der Waals surface area contributed by atoms with E-state index in [9.17, 15) is 9.90 Å². The molecule has 2 heterocycles. The summed E-state index contributed by atoms with van der Waals surface area (Å²) in [5, 5.41) is 13.6. The van der Waals surface area contributed by atoms with Crippen molar-refractivity contribution >= 4 is 40.2 Å². The lowest BCUT2D eigenvalue weighted by molar-refractivity contribution is -0.113. The standard InChI is InChI=1S/C30H31FN6O2/c1-20(38)19-36-12-14-37(15-13-36)27-10-9-24(17-26(27)31)34-30-33-18-23-6-3-7-25(29(23)35-30)22-5-2-4-21(16-22)8-11-28(32)39/h2-11,16-18,20,38H,12-15,19H2,1H3,(H2,32,39)(H,33,34,35)/t20-/m0/s1. The number of hydrogen-bond acceptors (Lipinski definition) is 7. The predicted octanol–water partition coefficient (Wildman–Crippen LogP) is 4.18. The Hall–Kier alpha value is -4.34. The van der Waals surface area contributed by atoms with Crippen molar-refractivity contribution in [3.63, 3.8) is 0 Å². The van der Waals surface area contributed by atoms with Gasteiger partial charge < -0.3 is 21.1 Å². The van der Waals surface area contributed by atoms with Gasteiger partial charge in [0, 0.05) is 61.6 Å². The van der Waals surface area contributed by atoms with Crippen molar-refractivity contribution in [2.24, 2.45) is 5.73 Å². The molecule has 39 heavy (non-hydrogen) atoms. The molecule has 5 rings (SSSR count). The number of rotatable bonds is 8. The number of hydrogen-bond donors (Lipinski definition) is 3. The summed E-state index contributed by atoms with van der Waals surface area (Å²) < 4.78 is 15.1. The van der Waals surface area contributed by atoms with Gasteiger partial charge in [0.2, 0.25) is 11.9 Å². The van der Waals surface area contributed by atoms with Crippen LogP contribution in [0.1, 0.15) is 12.5 Å². The van der Waals surface area contributed by atoms with Crippen molar-refractivity contribution in [3.8, 4) is 11.1 Å². The number of para-hydroxylation sites is 1. The molecule has 8 nitrogen and oxygen atoms in total. The third-order valence-corrected chi connectivity index (χ3v) is 6.69. The zero-order chi connectivity index (χ0) is 27.4. The number of primary amides is 1. The molecular weight excluding hydrogens is 495 g/mol. The molecule has 1 amide bonds. The Kier molecular flexibility index (Phi) is 7.81. The largest absolute Gasteiger partial charge is 0.392 e. The van der Waals surface area contributed by atoms with Gasteiger partial charge in [-0.15, -0.1) is 0 Å². The fourth-order valence-corrected chi connectivity index (χ4v) is 4.85. The first-order chi connectivity index (χ1) is 18.9. The van der Waals surface area contributed by atoms with Crippen LogP contribution >= 0.6 is 0 Å². The Bertz CT molecular complexity index is 1510. The Labute approximate surface area is 226 Å². The molecule has 200 valence electrons. The lowest BCUT2D eigenvalue weighted by atomic mass is 10.0. The predicted molar refractivity (Wildman–Crippen MR) is 153 cm³/mol. The fraction of sp³-hybridized carbons (Fsp3) is 0.233. The summed E-state index contributed by atoms with van der Waals surface area (Å²) in [6, 6.07) is 18.7. The van der Waals surface area contributed by atoms with Crippen LogP contribution in [-0.2, 0) is 4.79 Å². The van der Waals surface area contributed by atoms with Gasteiger partial charge >= 0.3 is 0 Å². The highest BCUT2D eigenvalue weighted by atomic mass is 19.1. The maximum atomic E-state index is 15.1. The van der Waals surface area contributed by atoms with E-state index in [1.54, 1.807) is 25.3 Å².